The number of hydrogen-bond acceptors (Lipinski definition) is 5. The van der Waals surface area contributed by atoms with Crippen LogP contribution in [0.3, 0.4) is 0 Å². The predicted molar refractivity (Wildman–Crippen MR) is 63.0 cm³/mol. The van der Waals surface area contributed by atoms with Crippen LogP contribution >= 0.6 is 11.8 Å². The van der Waals surface area contributed by atoms with E-state index in [2.05, 4.69) is 29.3 Å². The summed E-state index contributed by atoms with van der Waals surface area (Å²) in [5.41, 5.74) is 0. The van der Waals surface area contributed by atoms with Gasteiger partial charge in [-0.25, -0.2) is 0 Å². The highest BCUT2D eigenvalue weighted by atomic mass is 32.2. The van der Waals surface area contributed by atoms with Crippen molar-refractivity contribution in [1.82, 2.24) is 15.5 Å². The van der Waals surface area contributed by atoms with E-state index in [1.165, 1.54) is 6.42 Å². The second-order valence-electron chi connectivity index (χ2n) is 3.55. The van der Waals surface area contributed by atoms with Gasteiger partial charge in [-0.05, 0) is 26.1 Å². The van der Waals surface area contributed by atoms with Crippen LogP contribution in [0.25, 0.3) is 0 Å². The van der Waals surface area contributed by atoms with Crippen molar-refractivity contribution in [2.45, 2.75) is 38.5 Å². The van der Waals surface area contributed by atoms with Crippen LogP contribution in [0, 0.1) is 0 Å². The summed E-state index contributed by atoms with van der Waals surface area (Å²) in [6.45, 7) is 4.27. The zero-order valence-electron chi connectivity index (χ0n) is 9.62. The van der Waals surface area contributed by atoms with E-state index < -0.39 is 0 Å². The van der Waals surface area contributed by atoms with E-state index in [1.807, 2.05) is 18.8 Å². The maximum absolute atomic E-state index is 5.15. The van der Waals surface area contributed by atoms with Gasteiger partial charge >= 0.3 is 0 Å². The van der Waals surface area contributed by atoms with Gasteiger partial charge in [0, 0.05) is 12.5 Å². The molecule has 0 aliphatic heterocycles. The number of nitrogens with one attached hydrogen (secondary N) is 1. The minimum Gasteiger partial charge on any atom is -0.338 e. The summed E-state index contributed by atoms with van der Waals surface area (Å²) in [7, 11) is 1.93. The molecule has 1 aromatic heterocycles. The number of hydrogen-bond donors (Lipinski definition) is 1. The van der Waals surface area contributed by atoms with Crippen LogP contribution in [0.1, 0.15) is 32.0 Å². The number of aromatic nitrogens is 2. The molecular formula is C10H19N3OS. The van der Waals surface area contributed by atoms with E-state index in [9.17, 15) is 0 Å². The molecule has 15 heavy (non-hydrogen) atoms. The van der Waals surface area contributed by atoms with Crippen LogP contribution < -0.4 is 5.32 Å². The molecular weight excluding hydrogens is 210 g/mol. The Bertz CT molecular complexity index is 277. The van der Waals surface area contributed by atoms with Crippen LogP contribution in [-0.4, -0.2) is 29.0 Å². The quantitative estimate of drug-likeness (QED) is 0.723. The Morgan fingerprint density at radius 3 is 3.00 bits per heavy atom. The fraction of sp³-hybridized carbons (Fsp3) is 0.800. The van der Waals surface area contributed by atoms with Gasteiger partial charge in [0.1, 0.15) is 0 Å². The predicted octanol–water partition coefficient (Wildman–Crippen LogP) is 1.86. The fourth-order valence-corrected chi connectivity index (χ4v) is 1.84. The maximum Gasteiger partial charge on any atom is 0.236 e. The number of nitrogens with zero attached hydrogens (tertiary/aromatic N) is 2. The minimum absolute atomic E-state index is 0.388. The summed E-state index contributed by atoms with van der Waals surface area (Å²) in [6.07, 6.45) is 2.00. The van der Waals surface area contributed by atoms with Crippen LogP contribution in [0.15, 0.2) is 4.52 Å². The molecule has 1 unspecified atom stereocenters. The van der Waals surface area contributed by atoms with E-state index in [0.29, 0.717) is 6.04 Å². The van der Waals surface area contributed by atoms with Crippen molar-refractivity contribution in [3.63, 3.8) is 0 Å². The Labute approximate surface area is 95.2 Å². The average molecular weight is 229 g/mol. The molecule has 0 radical (unpaired) electrons. The third-order valence-electron chi connectivity index (χ3n) is 2.07. The first-order chi connectivity index (χ1) is 7.26. The molecule has 4 nitrogen and oxygen atoms in total. The summed E-state index contributed by atoms with van der Waals surface area (Å²) in [5.74, 6) is 3.51. The molecule has 0 saturated carbocycles. The third-order valence-corrected chi connectivity index (χ3v) is 3.21. The Morgan fingerprint density at radius 2 is 2.33 bits per heavy atom. The van der Waals surface area contributed by atoms with Gasteiger partial charge in [0.15, 0.2) is 5.82 Å². The summed E-state index contributed by atoms with van der Waals surface area (Å²) in [5, 5.41) is 7.09. The summed E-state index contributed by atoms with van der Waals surface area (Å²) < 4.78 is 5.15. The van der Waals surface area contributed by atoms with Crippen LogP contribution in [0.4, 0.5) is 0 Å². The lowest BCUT2D eigenvalue weighted by Gasteiger charge is -2.04. The molecule has 0 aliphatic rings. The summed E-state index contributed by atoms with van der Waals surface area (Å²) in [6, 6.07) is 0.388. The van der Waals surface area contributed by atoms with E-state index in [1.54, 1.807) is 0 Å². The van der Waals surface area contributed by atoms with E-state index in [4.69, 9.17) is 4.52 Å². The van der Waals surface area contributed by atoms with Crippen molar-refractivity contribution in [3.8, 4) is 0 Å². The largest absolute Gasteiger partial charge is 0.338 e. The highest BCUT2D eigenvalue weighted by molar-refractivity contribution is 7.98. The molecule has 5 heteroatoms. The van der Waals surface area contributed by atoms with Crippen molar-refractivity contribution in [1.29, 1.82) is 0 Å². The lowest BCUT2D eigenvalue weighted by molar-refractivity contribution is 0.382. The number of likely N-dealkylation sites (N-methyl/N-ethyl adjacent to an activating group) is 1. The Kier molecular flexibility index (Phi) is 5.71. The minimum atomic E-state index is 0.388. The normalized spacial score (nSPS) is 13.0. The molecule has 1 atom stereocenters. The summed E-state index contributed by atoms with van der Waals surface area (Å²) >= 11 is 1.83. The molecule has 0 bridgehead atoms. The van der Waals surface area contributed by atoms with Crippen molar-refractivity contribution >= 4 is 11.8 Å². The van der Waals surface area contributed by atoms with Gasteiger partial charge in [-0.15, -0.1) is 0 Å². The first-order valence-electron chi connectivity index (χ1n) is 5.32. The first kappa shape index (κ1) is 12.5. The van der Waals surface area contributed by atoms with Gasteiger partial charge in [0.2, 0.25) is 5.89 Å². The van der Waals surface area contributed by atoms with Crippen molar-refractivity contribution < 1.29 is 4.52 Å². The lowest BCUT2D eigenvalue weighted by atomic mass is 10.2. The SMILES string of the molecule is CCCSCc1nc(CC(C)NC)no1. The molecule has 0 amide bonds. The first-order valence-corrected chi connectivity index (χ1v) is 6.48. The molecule has 1 aromatic rings. The highest BCUT2D eigenvalue weighted by Gasteiger charge is 2.08. The number of thioether (sulfide) groups is 1. The van der Waals surface area contributed by atoms with Crippen molar-refractivity contribution in [2.75, 3.05) is 12.8 Å². The Hall–Kier alpha value is -0.550. The zero-order chi connectivity index (χ0) is 11.1. The standard InChI is InChI=1S/C10H19N3OS/c1-4-5-15-7-10-12-9(13-14-10)6-8(2)11-3/h8,11H,4-7H2,1-3H3. The monoisotopic (exact) mass is 229 g/mol. The van der Waals surface area contributed by atoms with Gasteiger partial charge in [-0.1, -0.05) is 12.1 Å². The Balaban J connectivity index is 2.35. The molecule has 86 valence electrons. The Morgan fingerprint density at radius 1 is 1.53 bits per heavy atom. The van der Waals surface area contributed by atoms with Gasteiger partial charge in [-0.3, -0.25) is 0 Å². The fourth-order valence-electron chi connectivity index (χ4n) is 1.11. The van der Waals surface area contributed by atoms with E-state index >= 15 is 0 Å². The van der Waals surface area contributed by atoms with Crippen LogP contribution in [0.5, 0.6) is 0 Å². The second-order valence-corrected chi connectivity index (χ2v) is 4.66. The molecule has 1 rings (SSSR count). The highest BCUT2D eigenvalue weighted by Crippen LogP contribution is 2.11. The summed E-state index contributed by atoms with van der Waals surface area (Å²) in [4.78, 5) is 4.33. The lowest BCUT2D eigenvalue weighted by Crippen LogP contribution is -2.24. The molecule has 1 N–H and O–H groups in total. The molecule has 0 saturated heterocycles. The zero-order valence-corrected chi connectivity index (χ0v) is 10.4. The molecule has 0 spiro atoms. The van der Waals surface area contributed by atoms with Crippen LogP contribution in [-0.2, 0) is 12.2 Å². The number of rotatable bonds is 7. The second kappa shape index (κ2) is 6.85. The van der Waals surface area contributed by atoms with Crippen LogP contribution in [0.2, 0.25) is 0 Å². The van der Waals surface area contributed by atoms with Gasteiger partial charge in [0.25, 0.3) is 0 Å². The molecule has 1 heterocycles. The smallest absolute Gasteiger partial charge is 0.236 e. The van der Waals surface area contributed by atoms with Gasteiger partial charge in [0.05, 0.1) is 5.75 Å². The topological polar surface area (TPSA) is 51.0 Å². The molecule has 0 aliphatic carbocycles. The van der Waals surface area contributed by atoms with E-state index in [-0.39, 0.29) is 0 Å². The maximum atomic E-state index is 5.15. The van der Waals surface area contributed by atoms with Crippen molar-refractivity contribution in [3.05, 3.63) is 11.7 Å². The van der Waals surface area contributed by atoms with Crippen molar-refractivity contribution in [2.24, 2.45) is 0 Å². The van der Waals surface area contributed by atoms with E-state index in [0.717, 1.165) is 29.6 Å². The van der Waals surface area contributed by atoms with Gasteiger partial charge < -0.3 is 9.84 Å². The molecule has 0 aromatic carbocycles. The third kappa shape index (κ3) is 4.66. The average Bonchev–Trinajstić information content (AvgIpc) is 2.66. The van der Waals surface area contributed by atoms with Gasteiger partial charge in [-0.2, -0.15) is 16.7 Å². The molecule has 0 fully saturated rings.